The van der Waals surface area contributed by atoms with Crippen molar-refractivity contribution in [3.8, 4) is 0 Å². The van der Waals surface area contributed by atoms with Gasteiger partial charge in [-0.1, -0.05) is 44.2 Å². The molecule has 1 aromatic carbocycles. The van der Waals surface area contributed by atoms with Crippen LogP contribution in [0.4, 0.5) is 0 Å². The van der Waals surface area contributed by atoms with Gasteiger partial charge in [-0.15, -0.1) is 0 Å². The Bertz CT molecular complexity index is 512. The van der Waals surface area contributed by atoms with Crippen molar-refractivity contribution in [2.45, 2.75) is 64.6 Å². The summed E-state index contributed by atoms with van der Waals surface area (Å²) in [5.41, 5.74) is 1.83. The van der Waals surface area contributed by atoms with Gasteiger partial charge in [-0.05, 0) is 56.0 Å². The van der Waals surface area contributed by atoms with Gasteiger partial charge in [0.1, 0.15) is 0 Å². The quantitative estimate of drug-likeness (QED) is 0.806. The van der Waals surface area contributed by atoms with E-state index in [1.165, 1.54) is 37.7 Å². The van der Waals surface area contributed by atoms with Gasteiger partial charge in [0, 0.05) is 38.4 Å². The summed E-state index contributed by atoms with van der Waals surface area (Å²) >= 11 is 0. The lowest BCUT2D eigenvalue weighted by molar-refractivity contribution is 0.0260. The minimum Gasteiger partial charge on any atom is -0.381 e. The molecular weight excluding hydrogens is 308 g/mol. The third-order valence-corrected chi connectivity index (χ3v) is 6.83. The van der Waals surface area contributed by atoms with Crippen LogP contribution in [0.5, 0.6) is 0 Å². The molecule has 1 aromatic rings. The minimum atomic E-state index is 0.443. The smallest absolute Gasteiger partial charge is 0.0480 e. The molecule has 0 aromatic heterocycles. The van der Waals surface area contributed by atoms with Crippen molar-refractivity contribution >= 4 is 0 Å². The van der Waals surface area contributed by atoms with Crippen molar-refractivity contribution in [1.29, 1.82) is 0 Å². The number of hydrogen-bond donors (Lipinski definition) is 1. The molecule has 3 rings (SSSR count). The first kappa shape index (κ1) is 18.9. The maximum atomic E-state index is 5.55. The molecule has 1 heterocycles. The fourth-order valence-corrected chi connectivity index (χ4v) is 4.81. The molecule has 3 heteroatoms. The highest BCUT2D eigenvalue weighted by Gasteiger charge is 2.43. The van der Waals surface area contributed by atoms with Crippen molar-refractivity contribution in [2.75, 3.05) is 26.8 Å². The fraction of sp³-hybridized carbons (Fsp3) is 0.727. The third-order valence-electron chi connectivity index (χ3n) is 6.83. The summed E-state index contributed by atoms with van der Waals surface area (Å²) in [4.78, 5) is 2.68. The molecular formula is C22H36N2O. The highest BCUT2D eigenvalue weighted by atomic mass is 16.5. The zero-order chi connectivity index (χ0) is 17.7. The summed E-state index contributed by atoms with van der Waals surface area (Å²) < 4.78 is 5.55. The third kappa shape index (κ3) is 4.64. The first-order valence-electron chi connectivity index (χ1n) is 10.1. The molecule has 25 heavy (non-hydrogen) atoms. The monoisotopic (exact) mass is 344 g/mol. The average Bonchev–Trinajstić information content (AvgIpc) is 3.09. The number of rotatable bonds is 7. The van der Waals surface area contributed by atoms with E-state index in [1.54, 1.807) is 0 Å². The van der Waals surface area contributed by atoms with Crippen molar-refractivity contribution in [3.05, 3.63) is 35.9 Å². The van der Waals surface area contributed by atoms with E-state index >= 15 is 0 Å². The number of ether oxygens (including phenoxy) is 1. The lowest BCUT2D eigenvalue weighted by Gasteiger charge is -2.38. The molecule has 1 unspecified atom stereocenters. The van der Waals surface area contributed by atoms with Crippen LogP contribution >= 0.6 is 0 Å². The first-order valence-corrected chi connectivity index (χ1v) is 10.1. The highest BCUT2D eigenvalue weighted by Crippen LogP contribution is 2.46. The fourth-order valence-electron chi connectivity index (χ4n) is 4.81. The van der Waals surface area contributed by atoms with Gasteiger partial charge in [-0.25, -0.2) is 0 Å². The van der Waals surface area contributed by atoms with Gasteiger partial charge < -0.3 is 15.0 Å². The van der Waals surface area contributed by atoms with Crippen LogP contribution in [0.15, 0.2) is 30.3 Å². The molecule has 1 N–H and O–H groups in total. The van der Waals surface area contributed by atoms with Gasteiger partial charge in [0.05, 0.1) is 0 Å². The van der Waals surface area contributed by atoms with E-state index in [2.05, 4.69) is 61.4 Å². The lowest BCUT2D eigenvalue weighted by atomic mass is 9.75. The van der Waals surface area contributed by atoms with E-state index in [1.807, 2.05) is 0 Å². The predicted molar refractivity (Wildman–Crippen MR) is 105 cm³/mol. The summed E-state index contributed by atoms with van der Waals surface area (Å²) in [5, 5.41) is 3.77. The van der Waals surface area contributed by atoms with Crippen molar-refractivity contribution in [2.24, 2.45) is 11.3 Å². The van der Waals surface area contributed by atoms with Crippen molar-refractivity contribution in [1.82, 2.24) is 10.2 Å². The van der Waals surface area contributed by atoms with Crippen molar-refractivity contribution in [3.63, 3.8) is 0 Å². The Morgan fingerprint density at radius 1 is 1.12 bits per heavy atom. The Morgan fingerprint density at radius 2 is 1.84 bits per heavy atom. The van der Waals surface area contributed by atoms with Gasteiger partial charge in [-0.2, -0.15) is 0 Å². The van der Waals surface area contributed by atoms with Crippen LogP contribution in [-0.2, 0) is 11.3 Å². The summed E-state index contributed by atoms with van der Waals surface area (Å²) in [6.45, 7) is 8.83. The topological polar surface area (TPSA) is 24.5 Å². The molecule has 2 fully saturated rings. The first-order chi connectivity index (χ1) is 12.1. The molecule has 0 spiro atoms. The predicted octanol–water partition coefficient (Wildman–Crippen LogP) is 4.08. The Morgan fingerprint density at radius 3 is 2.52 bits per heavy atom. The number of benzene rings is 1. The van der Waals surface area contributed by atoms with E-state index in [-0.39, 0.29) is 0 Å². The maximum absolute atomic E-state index is 5.55. The zero-order valence-corrected chi connectivity index (χ0v) is 16.3. The summed E-state index contributed by atoms with van der Waals surface area (Å²) in [6.07, 6.45) is 6.44. The molecule has 1 aliphatic carbocycles. The van der Waals surface area contributed by atoms with Crippen LogP contribution < -0.4 is 5.32 Å². The lowest BCUT2D eigenvalue weighted by Crippen LogP contribution is -2.44. The van der Waals surface area contributed by atoms with Gasteiger partial charge in [0.25, 0.3) is 0 Å². The zero-order valence-electron chi connectivity index (χ0n) is 16.3. The molecule has 2 atom stereocenters. The summed E-state index contributed by atoms with van der Waals surface area (Å²) in [7, 11) is 2.36. The van der Waals surface area contributed by atoms with Crippen LogP contribution in [0.2, 0.25) is 0 Å². The molecule has 1 aliphatic heterocycles. The van der Waals surface area contributed by atoms with Gasteiger partial charge >= 0.3 is 0 Å². The Kier molecular flexibility index (Phi) is 6.54. The minimum absolute atomic E-state index is 0.443. The molecule has 1 saturated heterocycles. The molecule has 1 saturated carbocycles. The molecule has 0 radical (unpaired) electrons. The van der Waals surface area contributed by atoms with Crippen molar-refractivity contribution < 1.29 is 4.74 Å². The van der Waals surface area contributed by atoms with Gasteiger partial charge in [0.15, 0.2) is 0 Å². The Balaban J connectivity index is 1.55. The van der Waals surface area contributed by atoms with E-state index in [9.17, 15) is 0 Å². The standard InChI is InChI=1S/C22H36N2O/c1-18(2)22(17-23-16-19-7-5-4-6-8-19)12-9-21(15-22)24(3)20-10-13-25-14-11-20/h4-8,18,20-21,23H,9-17H2,1-3H3/t21?,22-/m1/s1. The van der Waals surface area contributed by atoms with Crippen LogP contribution in [0.25, 0.3) is 0 Å². The summed E-state index contributed by atoms with van der Waals surface area (Å²) in [6, 6.07) is 12.2. The summed E-state index contributed by atoms with van der Waals surface area (Å²) in [5.74, 6) is 0.726. The van der Waals surface area contributed by atoms with E-state index in [0.29, 0.717) is 5.41 Å². The maximum Gasteiger partial charge on any atom is 0.0480 e. The van der Waals surface area contributed by atoms with Crippen LogP contribution in [0.3, 0.4) is 0 Å². The Hall–Kier alpha value is -0.900. The molecule has 3 nitrogen and oxygen atoms in total. The normalized spacial score (nSPS) is 28.1. The van der Waals surface area contributed by atoms with Crippen LogP contribution in [-0.4, -0.2) is 43.8 Å². The van der Waals surface area contributed by atoms with E-state index < -0.39 is 0 Å². The largest absolute Gasteiger partial charge is 0.381 e. The number of nitrogens with zero attached hydrogens (tertiary/aromatic N) is 1. The molecule has 140 valence electrons. The second kappa shape index (κ2) is 8.66. The Labute approximate surface area is 154 Å². The SMILES string of the molecule is CC(C)[C@]1(CNCc2ccccc2)CCC(N(C)C2CCOCC2)C1. The van der Waals surface area contributed by atoms with Crippen LogP contribution in [0, 0.1) is 11.3 Å². The van der Waals surface area contributed by atoms with E-state index in [4.69, 9.17) is 4.74 Å². The number of hydrogen-bond acceptors (Lipinski definition) is 3. The second-order valence-electron chi connectivity index (χ2n) is 8.51. The van der Waals surface area contributed by atoms with Crippen LogP contribution in [0.1, 0.15) is 51.5 Å². The average molecular weight is 345 g/mol. The van der Waals surface area contributed by atoms with E-state index in [0.717, 1.165) is 44.3 Å². The molecule has 0 bridgehead atoms. The van der Waals surface area contributed by atoms with Gasteiger partial charge in [0.2, 0.25) is 0 Å². The highest BCUT2D eigenvalue weighted by molar-refractivity contribution is 5.14. The molecule has 2 aliphatic rings. The van der Waals surface area contributed by atoms with Gasteiger partial charge in [-0.3, -0.25) is 0 Å². The molecule has 0 amide bonds. The number of nitrogens with one attached hydrogen (secondary N) is 1. The second-order valence-corrected chi connectivity index (χ2v) is 8.51.